The second-order valence-corrected chi connectivity index (χ2v) is 7.31. The van der Waals surface area contributed by atoms with Crippen molar-refractivity contribution in [3.05, 3.63) is 29.7 Å². The van der Waals surface area contributed by atoms with Gasteiger partial charge in [0.1, 0.15) is 4.21 Å². The summed E-state index contributed by atoms with van der Waals surface area (Å²) in [6.45, 7) is 4.37. The SMILES string of the molecule is C=CCN(C1CC1)S(=O)(=O)c1ccc(CN)s1. The predicted octanol–water partition coefficient (Wildman–Crippen LogP) is 1.55. The minimum atomic E-state index is -3.36. The lowest BCUT2D eigenvalue weighted by Gasteiger charge is -2.18. The molecule has 0 bridgehead atoms. The largest absolute Gasteiger partial charge is 0.326 e. The van der Waals surface area contributed by atoms with Gasteiger partial charge in [-0.3, -0.25) is 0 Å². The van der Waals surface area contributed by atoms with Crippen molar-refractivity contribution in [2.24, 2.45) is 5.73 Å². The standard InChI is InChI=1S/C11H16N2O2S2/c1-2-7-13(9-3-4-9)17(14,15)11-6-5-10(8-12)16-11/h2,5-6,9H,1,3-4,7-8,12H2. The summed E-state index contributed by atoms with van der Waals surface area (Å²) in [6.07, 6.45) is 3.53. The molecule has 0 unspecified atom stereocenters. The quantitative estimate of drug-likeness (QED) is 0.799. The van der Waals surface area contributed by atoms with Crippen LogP contribution in [-0.2, 0) is 16.6 Å². The van der Waals surface area contributed by atoms with Gasteiger partial charge in [-0.15, -0.1) is 17.9 Å². The van der Waals surface area contributed by atoms with Crippen LogP contribution in [0.3, 0.4) is 0 Å². The predicted molar refractivity (Wildman–Crippen MR) is 69.3 cm³/mol. The van der Waals surface area contributed by atoms with Crippen molar-refractivity contribution in [2.45, 2.75) is 29.6 Å². The van der Waals surface area contributed by atoms with Crippen LogP contribution in [0.2, 0.25) is 0 Å². The molecule has 0 saturated heterocycles. The number of nitrogens with two attached hydrogens (primary N) is 1. The van der Waals surface area contributed by atoms with Gasteiger partial charge in [0.25, 0.3) is 10.0 Å². The van der Waals surface area contributed by atoms with E-state index in [4.69, 9.17) is 5.73 Å². The maximum atomic E-state index is 12.4. The molecular weight excluding hydrogens is 256 g/mol. The molecule has 0 aromatic carbocycles. The van der Waals surface area contributed by atoms with E-state index in [9.17, 15) is 8.42 Å². The first kappa shape index (κ1) is 12.8. The summed E-state index contributed by atoms with van der Waals surface area (Å²) < 4.78 is 26.7. The summed E-state index contributed by atoms with van der Waals surface area (Å²) in [5.74, 6) is 0. The van der Waals surface area contributed by atoms with Crippen molar-refractivity contribution in [1.82, 2.24) is 4.31 Å². The molecule has 1 aliphatic carbocycles. The first-order valence-corrected chi connectivity index (χ1v) is 7.76. The van der Waals surface area contributed by atoms with Gasteiger partial charge in [0.05, 0.1) is 0 Å². The highest BCUT2D eigenvalue weighted by Crippen LogP contribution is 2.34. The summed E-state index contributed by atoms with van der Waals surface area (Å²) >= 11 is 1.25. The van der Waals surface area contributed by atoms with Crippen molar-refractivity contribution in [3.63, 3.8) is 0 Å². The van der Waals surface area contributed by atoms with Gasteiger partial charge in [-0.05, 0) is 25.0 Å². The normalized spacial score (nSPS) is 16.4. The van der Waals surface area contributed by atoms with Crippen LogP contribution in [0.15, 0.2) is 29.0 Å². The highest BCUT2D eigenvalue weighted by atomic mass is 32.2. The summed E-state index contributed by atoms with van der Waals surface area (Å²) in [4.78, 5) is 0.887. The Labute approximate surface area is 106 Å². The molecule has 2 N–H and O–H groups in total. The molecule has 1 fully saturated rings. The van der Waals surface area contributed by atoms with Crippen molar-refractivity contribution in [1.29, 1.82) is 0 Å². The Morgan fingerprint density at radius 1 is 1.53 bits per heavy atom. The van der Waals surface area contributed by atoms with E-state index in [-0.39, 0.29) is 6.04 Å². The zero-order chi connectivity index (χ0) is 12.5. The molecule has 94 valence electrons. The van der Waals surface area contributed by atoms with Gasteiger partial charge in [0.15, 0.2) is 0 Å². The number of rotatable bonds is 6. The second-order valence-electron chi connectivity index (χ2n) is 4.02. The van der Waals surface area contributed by atoms with Crippen molar-refractivity contribution in [2.75, 3.05) is 6.54 Å². The molecule has 0 radical (unpaired) electrons. The fourth-order valence-corrected chi connectivity index (χ4v) is 4.67. The average Bonchev–Trinajstić information content (AvgIpc) is 3.01. The van der Waals surface area contributed by atoms with Crippen LogP contribution in [-0.4, -0.2) is 25.3 Å². The van der Waals surface area contributed by atoms with Crippen LogP contribution in [0.4, 0.5) is 0 Å². The van der Waals surface area contributed by atoms with Crippen LogP contribution in [0, 0.1) is 0 Å². The fourth-order valence-electron chi connectivity index (χ4n) is 1.66. The van der Waals surface area contributed by atoms with Crippen LogP contribution in [0.5, 0.6) is 0 Å². The van der Waals surface area contributed by atoms with Gasteiger partial charge >= 0.3 is 0 Å². The molecule has 1 saturated carbocycles. The van der Waals surface area contributed by atoms with Gasteiger partial charge in [0, 0.05) is 24.0 Å². The summed E-state index contributed by atoms with van der Waals surface area (Å²) in [7, 11) is -3.36. The third-order valence-corrected chi connectivity index (χ3v) is 6.16. The van der Waals surface area contributed by atoms with Gasteiger partial charge in [-0.1, -0.05) is 6.08 Å². The Morgan fingerprint density at radius 2 is 2.24 bits per heavy atom. The smallest absolute Gasteiger partial charge is 0.253 e. The fraction of sp³-hybridized carbons (Fsp3) is 0.455. The third kappa shape index (κ3) is 2.60. The molecule has 0 spiro atoms. The number of nitrogens with zero attached hydrogens (tertiary/aromatic N) is 1. The Kier molecular flexibility index (Phi) is 3.67. The van der Waals surface area contributed by atoms with E-state index in [1.165, 1.54) is 15.6 Å². The highest BCUT2D eigenvalue weighted by molar-refractivity contribution is 7.91. The van der Waals surface area contributed by atoms with Crippen molar-refractivity contribution >= 4 is 21.4 Å². The number of sulfonamides is 1. The molecule has 1 aromatic rings. The molecule has 0 aliphatic heterocycles. The van der Waals surface area contributed by atoms with Gasteiger partial charge in [-0.25, -0.2) is 8.42 Å². The molecule has 1 aromatic heterocycles. The van der Waals surface area contributed by atoms with Gasteiger partial charge in [-0.2, -0.15) is 4.31 Å². The van der Waals surface area contributed by atoms with E-state index in [0.29, 0.717) is 17.3 Å². The minimum Gasteiger partial charge on any atom is -0.326 e. The van der Waals surface area contributed by atoms with Gasteiger partial charge in [0.2, 0.25) is 0 Å². The Morgan fingerprint density at radius 3 is 2.71 bits per heavy atom. The molecule has 1 aliphatic rings. The zero-order valence-electron chi connectivity index (χ0n) is 9.50. The van der Waals surface area contributed by atoms with E-state index in [1.54, 1.807) is 18.2 Å². The number of hydrogen-bond acceptors (Lipinski definition) is 4. The van der Waals surface area contributed by atoms with Gasteiger partial charge < -0.3 is 5.73 Å². The molecule has 0 atom stereocenters. The number of thiophene rings is 1. The maximum Gasteiger partial charge on any atom is 0.253 e. The van der Waals surface area contributed by atoms with Crippen molar-refractivity contribution < 1.29 is 8.42 Å². The van der Waals surface area contributed by atoms with E-state index in [1.807, 2.05) is 0 Å². The monoisotopic (exact) mass is 272 g/mol. The zero-order valence-corrected chi connectivity index (χ0v) is 11.1. The number of hydrogen-bond donors (Lipinski definition) is 1. The molecule has 17 heavy (non-hydrogen) atoms. The lowest BCUT2D eigenvalue weighted by molar-refractivity contribution is 0.437. The Bertz CT molecular complexity index is 503. The molecule has 0 amide bonds. The average molecular weight is 272 g/mol. The second kappa shape index (κ2) is 4.89. The van der Waals surface area contributed by atoms with E-state index < -0.39 is 10.0 Å². The van der Waals surface area contributed by atoms with Crippen LogP contribution in [0.1, 0.15) is 17.7 Å². The maximum absolute atomic E-state index is 12.4. The van der Waals surface area contributed by atoms with Crippen molar-refractivity contribution in [3.8, 4) is 0 Å². The Hall–Kier alpha value is -0.690. The van der Waals surface area contributed by atoms with E-state index in [2.05, 4.69) is 6.58 Å². The third-order valence-electron chi connectivity index (χ3n) is 2.66. The highest BCUT2D eigenvalue weighted by Gasteiger charge is 2.37. The molecule has 1 heterocycles. The topological polar surface area (TPSA) is 63.4 Å². The van der Waals surface area contributed by atoms with Crippen LogP contribution in [0.25, 0.3) is 0 Å². The lowest BCUT2D eigenvalue weighted by atomic mass is 10.5. The minimum absolute atomic E-state index is 0.154. The molecule has 4 nitrogen and oxygen atoms in total. The summed E-state index contributed by atoms with van der Waals surface area (Å²) in [6, 6.07) is 3.57. The van der Waals surface area contributed by atoms with E-state index in [0.717, 1.165) is 17.7 Å². The van der Waals surface area contributed by atoms with E-state index >= 15 is 0 Å². The lowest BCUT2D eigenvalue weighted by Crippen LogP contribution is -2.32. The Balaban J connectivity index is 2.29. The summed E-state index contributed by atoms with van der Waals surface area (Å²) in [5.41, 5.74) is 5.50. The first-order chi connectivity index (χ1) is 8.09. The first-order valence-electron chi connectivity index (χ1n) is 5.51. The molecule has 6 heteroatoms. The molecular formula is C11H16N2O2S2. The van der Waals surface area contributed by atoms with Crippen LogP contribution < -0.4 is 5.73 Å². The molecule has 2 rings (SSSR count). The summed E-state index contributed by atoms with van der Waals surface area (Å²) in [5, 5.41) is 0. The van der Waals surface area contributed by atoms with Crippen LogP contribution >= 0.6 is 11.3 Å².